The Hall–Kier alpha value is -1.66. The first-order valence-corrected chi connectivity index (χ1v) is 7.63. The van der Waals surface area contributed by atoms with Crippen LogP contribution in [0, 0.1) is 11.7 Å². The third-order valence-electron chi connectivity index (χ3n) is 3.66. The van der Waals surface area contributed by atoms with Gasteiger partial charge in [-0.15, -0.1) is 11.3 Å². The Labute approximate surface area is 129 Å². The zero-order valence-electron chi connectivity index (χ0n) is 10.9. The highest BCUT2D eigenvalue weighted by Gasteiger charge is 2.32. The van der Waals surface area contributed by atoms with E-state index in [1.165, 1.54) is 12.1 Å². The van der Waals surface area contributed by atoms with Crippen molar-refractivity contribution in [3.63, 3.8) is 0 Å². The molecule has 110 valence electrons. The Morgan fingerprint density at radius 1 is 1.43 bits per heavy atom. The number of benzene rings is 1. The van der Waals surface area contributed by atoms with E-state index in [4.69, 9.17) is 17.3 Å². The fourth-order valence-electron chi connectivity index (χ4n) is 2.50. The first-order chi connectivity index (χ1) is 9.97. The third-order valence-corrected chi connectivity index (χ3v) is 5.31. The summed E-state index contributed by atoms with van der Waals surface area (Å²) in [7, 11) is 0. The van der Waals surface area contributed by atoms with E-state index in [1.54, 1.807) is 11.0 Å². The molecule has 4 nitrogen and oxygen atoms in total. The molecule has 1 aliphatic rings. The molecule has 0 unspecified atom stereocenters. The van der Waals surface area contributed by atoms with Gasteiger partial charge in [0.15, 0.2) is 0 Å². The van der Waals surface area contributed by atoms with Crippen molar-refractivity contribution in [3.05, 3.63) is 33.9 Å². The molecule has 0 saturated carbocycles. The van der Waals surface area contributed by atoms with E-state index in [0.29, 0.717) is 39.5 Å². The van der Waals surface area contributed by atoms with Gasteiger partial charge in [0.1, 0.15) is 10.7 Å². The van der Waals surface area contributed by atoms with Gasteiger partial charge in [-0.05, 0) is 24.6 Å². The lowest BCUT2D eigenvalue weighted by atomic mass is 10.1. The number of thiophene rings is 1. The van der Waals surface area contributed by atoms with Crippen LogP contribution in [0.3, 0.4) is 0 Å². The van der Waals surface area contributed by atoms with Gasteiger partial charge < -0.3 is 10.6 Å². The molecule has 1 aliphatic heterocycles. The second kappa shape index (κ2) is 5.27. The van der Waals surface area contributed by atoms with E-state index in [9.17, 15) is 14.0 Å². The number of nitrogens with two attached hydrogens (primary N) is 1. The van der Waals surface area contributed by atoms with Crippen molar-refractivity contribution in [1.29, 1.82) is 0 Å². The number of amides is 2. The second-order valence-corrected chi connectivity index (χ2v) is 6.45. The predicted octanol–water partition coefficient (Wildman–Crippen LogP) is 2.64. The van der Waals surface area contributed by atoms with E-state index in [-0.39, 0.29) is 17.6 Å². The minimum atomic E-state index is -0.394. The third kappa shape index (κ3) is 2.49. The van der Waals surface area contributed by atoms with Crippen molar-refractivity contribution in [3.8, 4) is 0 Å². The average molecular weight is 327 g/mol. The van der Waals surface area contributed by atoms with Gasteiger partial charge in [-0.1, -0.05) is 11.6 Å². The summed E-state index contributed by atoms with van der Waals surface area (Å²) in [4.78, 5) is 25.6. The monoisotopic (exact) mass is 326 g/mol. The number of nitrogens with zero attached hydrogens (tertiary/aromatic N) is 1. The van der Waals surface area contributed by atoms with E-state index >= 15 is 0 Å². The molecule has 1 fully saturated rings. The fraction of sp³-hybridized carbons (Fsp3) is 0.286. The SMILES string of the molecule is NC(=O)[C@H]1CCN(C(=O)c2sc3cc(F)ccc3c2Cl)C1. The molecule has 2 N–H and O–H groups in total. The smallest absolute Gasteiger partial charge is 0.265 e. The summed E-state index contributed by atoms with van der Waals surface area (Å²) in [5.41, 5.74) is 5.26. The number of primary amides is 1. The predicted molar refractivity (Wildman–Crippen MR) is 80.0 cm³/mol. The van der Waals surface area contributed by atoms with Gasteiger partial charge in [0.25, 0.3) is 5.91 Å². The lowest BCUT2D eigenvalue weighted by molar-refractivity contribution is -0.121. The highest BCUT2D eigenvalue weighted by molar-refractivity contribution is 7.21. The molecule has 1 atom stereocenters. The van der Waals surface area contributed by atoms with Crippen molar-refractivity contribution in [2.24, 2.45) is 11.7 Å². The van der Waals surface area contributed by atoms with Gasteiger partial charge >= 0.3 is 0 Å². The molecule has 2 amide bonds. The number of rotatable bonds is 2. The molecule has 0 bridgehead atoms. The van der Waals surface area contributed by atoms with Crippen LogP contribution in [0.15, 0.2) is 18.2 Å². The van der Waals surface area contributed by atoms with Crippen LogP contribution in [0.4, 0.5) is 4.39 Å². The van der Waals surface area contributed by atoms with Crippen LogP contribution < -0.4 is 5.73 Å². The number of carbonyl (C=O) groups is 2. The van der Waals surface area contributed by atoms with Crippen LogP contribution in [0.25, 0.3) is 10.1 Å². The number of carbonyl (C=O) groups excluding carboxylic acids is 2. The maximum absolute atomic E-state index is 13.2. The molecule has 1 aromatic heterocycles. The van der Waals surface area contributed by atoms with Crippen molar-refractivity contribution < 1.29 is 14.0 Å². The van der Waals surface area contributed by atoms with Gasteiger partial charge in [0, 0.05) is 23.2 Å². The number of hydrogen-bond acceptors (Lipinski definition) is 3. The minimum Gasteiger partial charge on any atom is -0.369 e. The number of halogens is 2. The van der Waals surface area contributed by atoms with Crippen LogP contribution in [-0.4, -0.2) is 29.8 Å². The average Bonchev–Trinajstić information content (AvgIpc) is 3.03. The summed E-state index contributed by atoms with van der Waals surface area (Å²) in [6, 6.07) is 4.24. The van der Waals surface area contributed by atoms with Crippen molar-refractivity contribution >= 4 is 44.8 Å². The van der Waals surface area contributed by atoms with Crippen molar-refractivity contribution in [2.75, 3.05) is 13.1 Å². The minimum absolute atomic E-state index is 0.231. The van der Waals surface area contributed by atoms with E-state index in [1.807, 2.05) is 0 Å². The summed E-state index contributed by atoms with van der Waals surface area (Å²) in [5, 5.41) is 1.000. The quantitative estimate of drug-likeness (QED) is 0.922. The van der Waals surface area contributed by atoms with Gasteiger partial charge in [-0.3, -0.25) is 9.59 Å². The van der Waals surface area contributed by atoms with Crippen LogP contribution in [0.1, 0.15) is 16.1 Å². The fourth-order valence-corrected chi connectivity index (χ4v) is 4.00. The maximum atomic E-state index is 13.2. The molecule has 0 radical (unpaired) electrons. The summed E-state index contributed by atoms with van der Waals surface area (Å²) in [6.45, 7) is 0.790. The molecule has 3 rings (SSSR count). The summed E-state index contributed by atoms with van der Waals surface area (Å²) in [6.07, 6.45) is 0.568. The molecule has 21 heavy (non-hydrogen) atoms. The van der Waals surface area contributed by atoms with Crippen LogP contribution >= 0.6 is 22.9 Å². The normalized spacial score (nSPS) is 18.4. The Balaban J connectivity index is 1.92. The van der Waals surface area contributed by atoms with Crippen molar-refractivity contribution in [2.45, 2.75) is 6.42 Å². The van der Waals surface area contributed by atoms with E-state index in [0.717, 1.165) is 11.3 Å². The molecule has 7 heteroatoms. The molecule has 0 spiro atoms. The van der Waals surface area contributed by atoms with Gasteiger partial charge in [0.05, 0.1) is 10.9 Å². The topological polar surface area (TPSA) is 63.4 Å². The highest BCUT2D eigenvalue weighted by Crippen LogP contribution is 2.37. The number of hydrogen-bond donors (Lipinski definition) is 1. The Kier molecular flexibility index (Phi) is 3.59. The summed E-state index contributed by atoms with van der Waals surface area (Å²) in [5.74, 6) is -1.30. The molecule has 1 saturated heterocycles. The van der Waals surface area contributed by atoms with Crippen LogP contribution in [0.2, 0.25) is 5.02 Å². The molecule has 1 aromatic carbocycles. The van der Waals surface area contributed by atoms with Gasteiger partial charge in [-0.2, -0.15) is 0 Å². The zero-order valence-corrected chi connectivity index (χ0v) is 12.5. The number of fused-ring (bicyclic) bond motifs is 1. The van der Waals surface area contributed by atoms with Gasteiger partial charge in [-0.25, -0.2) is 4.39 Å². The number of likely N-dealkylation sites (tertiary alicyclic amines) is 1. The first kappa shape index (κ1) is 14.3. The Bertz CT molecular complexity index is 746. The zero-order chi connectivity index (χ0) is 15.1. The largest absolute Gasteiger partial charge is 0.369 e. The van der Waals surface area contributed by atoms with Crippen LogP contribution in [-0.2, 0) is 4.79 Å². The lowest BCUT2D eigenvalue weighted by Crippen LogP contribution is -2.31. The molecule has 0 aliphatic carbocycles. The van der Waals surface area contributed by atoms with E-state index in [2.05, 4.69) is 0 Å². The summed E-state index contributed by atoms with van der Waals surface area (Å²) < 4.78 is 13.9. The molecular formula is C14H12ClFN2O2S. The second-order valence-electron chi connectivity index (χ2n) is 5.02. The molecular weight excluding hydrogens is 315 g/mol. The summed E-state index contributed by atoms with van der Waals surface area (Å²) >= 11 is 7.39. The van der Waals surface area contributed by atoms with Gasteiger partial charge in [0.2, 0.25) is 5.91 Å². The molecule has 2 aromatic rings. The van der Waals surface area contributed by atoms with Crippen LogP contribution in [0.5, 0.6) is 0 Å². The maximum Gasteiger partial charge on any atom is 0.265 e. The molecule has 2 heterocycles. The van der Waals surface area contributed by atoms with E-state index < -0.39 is 5.91 Å². The first-order valence-electron chi connectivity index (χ1n) is 6.43. The van der Waals surface area contributed by atoms with Crippen molar-refractivity contribution in [1.82, 2.24) is 4.90 Å². The standard InChI is InChI=1S/C14H12ClFN2O2S/c15-11-9-2-1-8(16)5-10(9)21-12(11)14(20)18-4-3-7(6-18)13(17)19/h1-2,5,7H,3-4,6H2,(H2,17,19)/t7-/m0/s1. The highest BCUT2D eigenvalue weighted by atomic mass is 35.5. The Morgan fingerprint density at radius 3 is 2.86 bits per heavy atom. The lowest BCUT2D eigenvalue weighted by Gasteiger charge is -2.14. The Morgan fingerprint density at radius 2 is 2.19 bits per heavy atom.